The number of rotatable bonds is 5. The molecule has 2 aromatic heterocycles. The lowest BCUT2D eigenvalue weighted by Gasteiger charge is -2.39. The van der Waals surface area contributed by atoms with Crippen LogP contribution in [0.15, 0.2) is 42.3 Å². The number of nitrogens with one attached hydrogen (secondary N) is 2. The quantitative estimate of drug-likeness (QED) is 0.301. The summed E-state index contributed by atoms with van der Waals surface area (Å²) < 4.78 is 2.21. The summed E-state index contributed by atoms with van der Waals surface area (Å²) in [5.74, 6) is 2.35. The zero-order valence-electron chi connectivity index (χ0n) is 15.2. The predicted octanol–water partition coefficient (Wildman–Crippen LogP) is 1.86. The molecule has 0 aromatic carbocycles. The van der Waals surface area contributed by atoms with Crippen molar-refractivity contribution in [2.75, 3.05) is 38.5 Å². The molecule has 1 fully saturated rings. The molecule has 0 saturated carbocycles. The van der Waals surface area contributed by atoms with Gasteiger partial charge in [-0.25, -0.2) is 9.97 Å². The van der Waals surface area contributed by atoms with Gasteiger partial charge in [-0.05, 0) is 12.3 Å². The van der Waals surface area contributed by atoms with Gasteiger partial charge in [0, 0.05) is 58.0 Å². The average Bonchev–Trinajstić information content (AvgIpc) is 3.18. The SMILES string of the molecule is CN=C(NCCNc1cnccn1)N1CCC(C)C(n2ccnc2)C1.I. The highest BCUT2D eigenvalue weighted by molar-refractivity contribution is 14.0. The maximum Gasteiger partial charge on any atom is 0.193 e. The Balaban J connectivity index is 0.00000243. The van der Waals surface area contributed by atoms with Crippen LogP contribution in [0, 0.1) is 5.92 Å². The first-order valence-electron chi connectivity index (χ1n) is 8.71. The zero-order valence-corrected chi connectivity index (χ0v) is 17.6. The van der Waals surface area contributed by atoms with E-state index in [0.29, 0.717) is 12.0 Å². The number of halogens is 1. The van der Waals surface area contributed by atoms with Crippen LogP contribution in [-0.4, -0.2) is 63.6 Å². The maximum absolute atomic E-state index is 4.45. The first-order chi connectivity index (χ1) is 12.3. The topological polar surface area (TPSA) is 83.3 Å². The van der Waals surface area contributed by atoms with Crippen LogP contribution in [0.5, 0.6) is 0 Å². The molecule has 2 atom stereocenters. The molecule has 0 radical (unpaired) electrons. The van der Waals surface area contributed by atoms with Gasteiger partial charge in [-0.3, -0.25) is 9.98 Å². The molecule has 1 saturated heterocycles. The van der Waals surface area contributed by atoms with E-state index >= 15 is 0 Å². The second-order valence-corrected chi connectivity index (χ2v) is 6.28. The van der Waals surface area contributed by atoms with E-state index in [1.54, 1.807) is 18.6 Å². The highest BCUT2D eigenvalue weighted by Crippen LogP contribution is 2.27. The molecule has 0 spiro atoms. The Bertz CT molecular complexity index is 661. The van der Waals surface area contributed by atoms with E-state index < -0.39 is 0 Å². The molecule has 3 heterocycles. The van der Waals surface area contributed by atoms with E-state index in [-0.39, 0.29) is 24.0 Å². The summed E-state index contributed by atoms with van der Waals surface area (Å²) in [6.45, 7) is 5.79. The highest BCUT2D eigenvalue weighted by atomic mass is 127. The molecule has 2 unspecified atom stereocenters. The lowest BCUT2D eigenvalue weighted by atomic mass is 9.93. The van der Waals surface area contributed by atoms with Gasteiger partial charge in [-0.15, -0.1) is 24.0 Å². The van der Waals surface area contributed by atoms with Crippen molar-refractivity contribution in [3.63, 3.8) is 0 Å². The Labute approximate surface area is 171 Å². The number of hydrogen-bond donors (Lipinski definition) is 2. The number of anilines is 1. The van der Waals surface area contributed by atoms with E-state index in [0.717, 1.165) is 44.4 Å². The molecule has 0 bridgehead atoms. The Morgan fingerprint density at radius 1 is 1.27 bits per heavy atom. The standard InChI is InChI=1S/C17H26N8.HI/c1-14-3-9-24(12-15(14)25-10-8-20-13-25)17(18-2)23-7-6-22-16-11-19-4-5-21-16;/h4-5,8,10-11,13-15H,3,6-7,9,12H2,1-2H3,(H,18,23)(H,21,22);1H. The van der Waals surface area contributed by atoms with Gasteiger partial charge in [0.25, 0.3) is 0 Å². The number of aromatic nitrogens is 4. The van der Waals surface area contributed by atoms with Gasteiger partial charge in [-0.2, -0.15) is 0 Å². The number of hydrogen-bond acceptors (Lipinski definition) is 5. The molecule has 0 aliphatic carbocycles. The first-order valence-corrected chi connectivity index (χ1v) is 8.71. The Morgan fingerprint density at radius 2 is 2.15 bits per heavy atom. The summed E-state index contributed by atoms with van der Waals surface area (Å²) in [6.07, 6.45) is 12.0. The third-order valence-corrected chi connectivity index (χ3v) is 4.62. The van der Waals surface area contributed by atoms with Gasteiger partial charge < -0.3 is 20.1 Å². The van der Waals surface area contributed by atoms with Crippen molar-refractivity contribution in [3.8, 4) is 0 Å². The normalized spacial score (nSPS) is 20.4. The van der Waals surface area contributed by atoms with Crippen molar-refractivity contribution in [1.82, 2.24) is 29.7 Å². The van der Waals surface area contributed by atoms with Gasteiger partial charge >= 0.3 is 0 Å². The van der Waals surface area contributed by atoms with Crippen LogP contribution in [-0.2, 0) is 0 Å². The number of nitrogens with zero attached hydrogens (tertiary/aromatic N) is 6. The van der Waals surface area contributed by atoms with E-state index in [9.17, 15) is 0 Å². The second kappa shape index (κ2) is 10.3. The minimum atomic E-state index is 0. The molecule has 2 aromatic rings. The molecule has 3 rings (SSSR count). The van der Waals surface area contributed by atoms with Crippen LogP contribution in [0.4, 0.5) is 5.82 Å². The minimum absolute atomic E-state index is 0. The summed E-state index contributed by atoms with van der Waals surface area (Å²) >= 11 is 0. The number of likely N-dealkylation sites (tertiary alicyclic amines) is 1. The van der Waals surface area contributed by atoms with Crippen LogP contribution in [0.3, 0.4) is 0 Å². The summed E-state index contributed by atoms with van der Waals surface area (Å²) in [6, 6.07) is 0.424. The summed E-state index contributed by atoms with van der Waals surface area (Å²) in [5.41, 5.74) is 0. The van der Waals surface area contributed by atoms with Crippen LogP contribution in [0.2, 0.25) is 0 Å². The van der Waals surface area contributed by atoms with Gasteiger partial charge in [-0.1, -0.05) is 6.92 Å². The number of guanidine groups is 1. The third kappa shape index (κ3) is 5.29. The van der Waals surface area contributed by atoms with Crippen LogP contribution in [0.25, 0.3) is 0 Å². The lowest BCUT2D eigenvalue weighted by molar-refractivity contribution is 0.189. The van der Waals surface area contributed by atoms with Crippen LogP contribution >= 0.6 is 24.0 Å². The lowest BCUT2D eigenvalue weighted by Crippen LogP contribution is -2.49. The number of aliphatic imine (C=N–C) groups is 1. The van der Waals surface area contributed by atoms with Gasteiger partial charge in [0.2, 0.25) is 0 Å². The highest BCUT2D eigenvalue weighted by Gasteiger charge is 2.28. The fraction of sp³-hybridized carbons (Fsp3) is 0.529. The summed E-state index contributed by atoms with van der Waals surface area (Å²) in [7, 11) is 1.84. The van der Waals surface area contributed by atoms with Gasteiger partial charge in [0.1, 0.15) is 5.82 Å². The largest absolute Gasteiger partial charge is 0.367 e. The predicted molar refractivity (Wildman–Crippen MR) is 114 cm³/mol. The monoisotopic (exact) mass is 470 g/mol. The summed E-state index contributed by atoms with van der Waals surface area (Å²) in [4.78, 5) is 19.2. The van der Waals surface area contributed by atoms with E-state index in [4.69, 9.17) is 0 Å². The molecule has 8 nitrogen and oxygen atoms in total. The molecule has 142 valence electrons. The van der Waals surface area contributed by atoms with Crippen molar-refractivity contribution < 1.29 is 0 Å². The molecular weight excluding hydrogens is 443 g/mol. The van der Waals surface area contributed by atoms with Crippen molar-refractivity contribution >= 4 is 35.8 Å². The van der Waals surface area contributed by atoms with Crippen molar-refractivity contribution in [3.05, 3.63) is 37.3 Å². The van der Waals surface area contributed by atoms with Crippen LogP contribution < -0.4 is 10.6 Å². The van der Waals surface area contributed by atoms with Crippen LogP contribution in [0.1, 0.15) is 19.4 Å². The minimum Gasteiger partial charge on any atom is -0.367 e. The maximum atomic E-state index is 4.45. The zero-order chi connectivity index (χ0) is 17.5. The Morgan fingerprint density at radius 3 is 2.85 bits per heavy atom. The average molecular weight is 470 g/mol. The van der Waals surface area contributed by atoms with E-state index in [1.165, 1.54) is 0 Å². The molecule has 1 aliphatic heterocycles. The van der Waals surface area contributed by atoms with Crippen molar-refractivity contribution in [1.29, 1.82) is 0 Å². The first kappa shape index (κ1) is 20.4. The summed E-state index contributed by atoms with van der Waals surface area (Å²) in [5, 5.41) is 6.67. The third-order valence-electron chi connectivity index (χ3n) is 4.62. The van der Waals surface area contributed by atoms with Crippen molar-refractivity contribution in [2.24, 2.45) is 10.9 Å². The van der Waals surface area contributed by atoms with Gasteiger partial charge in [0.05, 0.1) is 18.6 Å². The van der Waals surface area contributed by atoms with E-state index in [1.807, 2.05) is 25.8 Å². The Kier molecular flexibility index (Phi) is 8.07. The molecule has 2 N–H and O–H groups in total. The molecule has 26 heavy (non-hydrogen) atoms. The molecule has 1 aliphatic rings. The van der Waals surface area contributed by atoms with Gasteiger partial charge in [0.15, 0.2) is 5.96 Å². The molecular formula is C17H27IN8. The second-order valence-electron chi connectivity index (χ2n) is 6.28. The number of piperidine rings is 1. The fourth-order valence-corrected chi connectivity index (χ4v) is 3.18. The molecule has 0 amide bonds. The Hall–Kier alpha value is -1.91. The smallest absolute Gasteiger partial charge is 0.193 e. The number of imidazole rings is 1. The fourth-order valence-electron chi connectivity index (χ4n) is 3.18. The molecule has 9 heteroatoms. The van der Waals surface area contributed by atoms with Crippen molar-refractivity contribution in [2.45, 2.75) is 19.4 Å². The van der Waals surface area contributed by atoms with E-state index in [2.05, 4.69) is 47.0 Å².